The minimum atomic E-state index is -0.775. The zero-order chi connectivity index (χ0) is 11.6. The van der Waals surface area contributed by atoms with Gasteiger partial charge in [-0.3, -0.25) is 0 Å². The van der Waals surface area contributed by atoms with Gasteiger partial charge in [-0.05, 0) is 19.1 Å². The second-order valence-corrected chi connectivity index (χ2v) is 3.75. The first-order valence-electron chi connectivity index (χ1n) is 4.79. The van der Waals surface area contributed by atoms with Gasteiger partial charge in [0.05, 0.1) is 12.9 Å². The molecule has 0 saturated carbocycles. The van der Waals surface area contributed by atoms with Gasteiger partial charge < -0.3 is 19.4 Å². The average Bonchev–Trinajstić information content (AvgIpc) is 2.89. The van der Waals surface area contributed by atoms with E-state index in [0.717, 1.165) is 0 Å². The zero-order valence-corrected chi connectivity index (χ0v) is 9.14. The SMILES string of the molecule is COCC(C)(N)c1noc(-c2ccco2)n1. The molecule has 0 aliphatic rings. The van der Waals surface area contributed by atoms with E-state index in [1.165, 1.54) is 6.26 Å². The molecule has 2 rings (SSSR count). The molecule has 1 atom stereocenters. The van der Waals surface area contributed by atoms with E-state index in [0.29, 0.717) is 24.1 Å². The molecule has 2 aromatic rings. The van der Waals surface area contributed by atoms with E-state index in [9.17, 15) is 0 Å². The Labute approximate surface area is 92.4 Å². The minimum Gasteiger partial charge on any atom is -0.459 e. The summed E-state index contributed by atoms with van der Waals surface area (Å²) in [6.45, 7) is 2.08. The molecule has 0 aromatic carbocycles. The normalized spacial score (nSPS) is 14.9. The summed E-state index contributed by atoms with van der Waals surface area (Å²) >= 11 is 0. The highest BCUT2D eigenvalue weighted by Gasteiger charge is 2.28. The Morgan fingerprint density at radius 2 is 2.38 bits per heavy atom. The first kappa shape index (κ1) is 10.8. The van der Waals surface area contributed by atoms with Crippen LogP contribution >= 0.6 is 0 Å². The third-order valence-electron chi connectivity index (χ3n) is 2.11. The summed E-state index contributed by atoms with van der Waals surface area (Å²) in [5.74, 6) is 1.22. The van der Waals surface area contributed by atoms with Gasteiger partial charge in [0.1, 0.15) is 5.54 Å². The van der Waals surface area contributed by atoms with Crippen LogP contribution in [0.5, 0.6) is 0 Å². The number of nitrogens with zero attached hydrogens (tertiary/aromatic N) is 2. The number of aromatic nitrogens is 2. The van der Waals surface area contributed by atoms with E-state index >= 15 is 0 Å². The van der Waals surface area contributed by atoms with Crippen molar-refractivity contribution in [3.63, 3.8) is 0 Å². The summed E-state index contributed by atoms with van der Waals surface area (Å²) in [5.41, 5.74) is 5.20. The van der Waals surface area contributed by atoms with E-state index in [-0.39, 0.29) is 0 Å². The van der Waals surface area contributed by atoms with Gasteiger partial charge in [-0.2, -0.15) is 4.98 Å². The van der Waals surface area contributed by atoms with Gasteiger partial charge in [0.25, 0.3) is 5.89 Å². The Hall–Kier alpha value is -1.66. The van der Waals surface area contributed by atoms with Gasteiger partial charge in [0.15, 0.2) is 11.6 Å². The highest BCUT2D eigenvalue weighted by Crippen LogP contribution is 2.21. The van der Waals surface area contributed by atoms with Crippen LogP contribution in [0.3, 0.4) is 0 Å². The number of rotatable bonds is 4. The molecule has 0 aliphatic carbocycles. The van der Waals surface area contributed by atoms with Gasteiger partial charge in [0, 0.05) is 7.11 Å². The number of furan rings is 1. The number of nitrogens with two attached hydrogens (primary N) is 1. The standard InChI is InChI=1S/C10H13N3O3/c1-10(11,6-14-2)9-12-8(16-13-9)7-4-3-5-15-7/h3-5H,6,11H2,1-2H3. The summed E-state index contributed by atoms with van der Waals surface area (Å²) in [7, 11) is 1.57. The predicted molar refractivity (Wildman–Crippen MR) is 55.4 cm³/mol. The van der Waals surface area contributed by atoms with Crippen LogP contribution in [0.25, 0.3) is 11.7 Å². The molecule has 2 N–H and O–H groups in total. The average molecular weight is 223 g/mol. The van der Waals surface area contributed by atoms with Crippen molar-refractivity contribution >= 4 is 0 Å². The van der Waals surface area contributed by atoms with Crippen LogP contribution in [0.15, 0.2) is 27.3 Å². The molecule has 6 nitrogen and oxygen atoms in total. The molecule has 2 heterocycles. The van der Waals surface area contributed by atoms with Crippen molar-refractivity contribution in [2.75, 3.05) is 13.7 Å². The van der Waals surface area contributed by atoms with Gasteiger partial charge in [-0.15, -0.1) is 0 Å². The molecule has 0 radical (unpaired) electrons. The lowest BCUT2D eigenvalue weighted by atomic mass is 10.1. The molecule has 0 fully saturated rings. The lowest BCUT2D eigenvalue weighted by molar-refractivity contribution is 0.135. The molecule has 0 spiro atoms. The fourth-order valence-electron chi connectivity index (χ4n) is 1.32. The van der Waals surface area contributed by atoms with Crippen LogP contribution < -0.4 is 5.73 Å². The summed E-state index contributed by atoms with van der Waals surface area (Å²) in [6.07, 6.45) is 1.54. The van der Waals surface area contributed by atoms with Crippen LogP contribution in [0, 0.1) is 0 Å². The quantitative estimate of drug-likeness (QED) is 0.836. The van der Waals surface area contributed by atoms with Crippen LogP contribution in [0.1, 0.15) is 12.7 Å². The van der Waals surface area contributed by atoms with E-state index in [2.05, 4.69) is 10.1 Å². The third-order valence-corrected chi connectivity index (χ3v) is 2.11. The second-order valence-electron chi connectivity index (χ2n) is 3.75. The van der Waals surface area contributed by atoms with Gasteiger partial charge >= 0.3 is 0 Å². The maximum atomic E-state index is 5.97. The van der Waals surface area contributed by atoms with Crippen molar-refractivity contribution < 1.29 is 13.7 Å². The Bertz CT molecular complexity index is 448. The van der Waals surface area contributed by atoms with E-state index < -0.39 is 5.54 Å². The maximum absolute atomic E-state index is 5.97. The Morgan fingerprint density at radius 3 is 3.00 bits per heavy atom. The minimum absolute atomic E-state index is 0.310. The van der Waals surface area contributed by atoms with Gasteiger partial charge in [-0.25, -0.2) is 0 Å². The smallest absolute Gasteiger partial charge is 0.293 e. The molecule has 0 bridgehead atoms. The Morgan fingerprint density at radius 1 is 1.56 bits per heavy atom. The fraction of sp³-hybridized carbons (Fsp3) is 0.400. The molecule has 86 valence electrons. The zero-order valence-electron chi connectivity index (χ0n) is 9.14. The molecular weight excluding hydrogens is 210 g/mol. The van der Waals surface area contributed by atoms with Crippen molar-refractivity contribution in [3.05, 3.63) is 24.2 Å². The van der Waals surface area contributed by atoms with Crippen molar-refractivity contribution in [2.45, 2.75) is 12.5 Å². The fourth-order valence-corrected chi connectivity index (χ4v) is 1.32. The number of hydrogen-bond acceptors (Lipinski definition) is 6. The second kappa shape index (κ2) is 4.07. The largest absolute Gasteiger partial charge is 0.459 e. The third kappa shape index (κ3) is 1.98. The van der Waals surface area contributed by atoms with E-state index in [4.69, 9.17) is 19.4 Å². The molecule has 0 amide bonds. The molecule has 6 heteroatoms. The van der Waals surface area contributed by atoms with Gasteiger partial charge in [0.2, 0.25) is 0 Å². The van der Waals surface area contributed by atoms with Crippen molar-refractivity contribution in [3.8, 4) is 11.7 Å². The Kier molecular flexibility index (Phi) is 2.76. The summed E-state index contributed by atoms with van der Waals surface area (Å²) in [6, 6.07) is 3.48. The number of methoxy groups -OCH3 is 1. The first-order valence-corrected chi connectivity index (χ1v) is 4.79. The highest BCUT2D eigenvalue weighted by atomic mass is 16.5. The lowest BCUT2D eigenvalue weighted by Crippen LogP contribution is -2.38. The molecule has 0 aliphatic heterocycles. The highest BCUT2D eigenvalue weighted by molar-refractivity contribution is 5.43. The van der Waals surface area contributed by atoms with Crippen LogP contribution in [0.4, 0.5) is 0 Å². The summed E-state index contributed by atoms with van der Waals surface area (Å²) < 4.78 is 15.2. The van der Waals surface area contributed by atoms with Crippen LogP contribution in [-0.2, 0) is 10.3 Å². The Balaban J connectivity index is 2.26. The first-order chi connectivity index (χ1) is 7.63. The molecule has 0 saturated heterocycles. The van der Waals surface area contributed by atoms with E-state index in [1.54, 1.807) is 26.2 Å². The van der Waals surface area contributed by atoms with Crippen LogP contribution in [0.2, 0.25) is 0 Å². The topological polar surface area (TPSA) is 87.3 Å². The predicted octanol–water partition coefficient (Wildman–Crippen LogP) is 1.15. The molecule has 1 unspecified atom stereocenters. The van der Waals surface area contributed by atoms with Gasteiger partial charge in [-0.1, -0.05) is 5.16 Å². The van der Waals surface area contributed by atoms with E-state index in [1.807, 2.05) is 0 Å². The lowest BCUT2D eigenvalue weighted by Gasteiger charge is -2.18. The molecule has 2 aromatic heterocycles. The number of hydrogen-bond donors (Lipinski definition) is 1. The molecule has 16 heavy (non-hydrogen) atoms. The van der Waals surface area contributed by atoms with Crippen molar-refractivity contribution in [1.82, 2.24) is 10.1 Å². The summed E-state index contributed by atoms with van der Waals surface area (Å²) in [4.78, 5) is 4.17. The van der Waals surface area contributed by atoms with Crippen molar-refractivity contribution in [1.29, 1.82) is 0 Å². The van der Waals surface area contributed by atoms with Crippen molar-refractivity contribution in [2.24, 2.45) is 5.73 Å². The summed E-state index contributed by atoms with van der Waals surface area (Å²) in [5, 5.41) is 3.81. The van der Waals surface area contributed by atoms with Crippen LogP contribution in [-0.4, -0.2) is 23.9 Å². The number of ether oxygens (including phenoxy) is 1. The molecular formula is C10H13N3O3. The maximum Gasteiger partial charge on any atom is 0.293 e. The monoisotopic (exact) mass is 223 g/mol.